The Bertz CT molecular complexity index is 1240. The maximum atomic E-state index is 12.5. The second-order valence-corrected chi connectivity index (χ2v) is 9.14. The highest BCUT2D eigenvalue weighted by Crippen LogP contribution is 2.23. The molecule has 0 radical (unpaired) electrons. The number of hydrogen-bond acceptors (Lipinski definition) is 4. The molecule has 154 valence electrons. The van der Waals surface area contributed by atoms with Gasteiger partial charge in [-0.3, -0.25) is 9.59 Å². The summed E-state index contributed by atoms with van der Waals surface area (Å²) in [6.07, 6.45) is 1.09. The van der Waals surface area contributed by atoms with E-state index in [1.165, 1.54) is 24.3 Å². The normalized spacial score (nSPS) is 11.0. The minimum Gasteiger partial charge on any atom is -0.322 e. The van der Waals surface area contributed by atoms with Crippen LogP contribution in [0.15, 0.2) is 71.6 Å². The largest absolute Gasteiger partial charge is 0.322 e. The molecule has 2 amide bonds. The molecule has 6 nitrogen and oxygen atoms in total. The fourth-order valence-corrected chi connectivity index (χ4v) is 3.68. The minimum atomic E-state index is -3.41. The fraction of sp³-hybridized carbons (Fsp3) is 0.0909. The van der Waals surface area contributed by atoms with Crippen molar-refractivity contribution >= 4 is 44.6 Å². The maximum absolute atomic E-state index is 12.5. The van der Waals surface area contributed by atoms with E-state index in [2.05, 4.69) is 10.6 Å². The van der Waals surface area contributed by atoms with Gasteiger partial charge < -0.3 is 10.6 Å². The van der Waals surface area contributed by atoms with Crippen LogP contribution in [0, 0.1) is 6.92 Å². The first-order valence-corrected chi connectivity index (χ1v) is 11.2. The van der Waals surface area contributed by atoms with Crippen LogP contribution in [0.25, 0.3) is 0 Å². The quantitative estimate of drug-likeness (QED) is 0.606. The van der Waals surface area contributed by atoms with Crippen molar-refractivity contribution in [3.8, 4) is 0 Å². The first-order chi connectivity index (χ1) is 14.1. The molecule has 0 aliphatic heterocycles. The standard InChI is InChI=1S/C22H19ClN2O4S/c1-14-12-16(24-22(27)18-8-3-4-9-19(18)23)10-11-20(14)25-21(26)15-6-5-7-17(13-15)30(2,28)29/h3-13H,1-2H3,(H,24,27)(H,25,26). The molecule has 0 aliphatic carbocycles. The Morgan fingerprint density at radius 1 is 0.867 bits per heavy atom. The van der Waals surface area contributed by atoms with Crippen LogP contribution >= 0.6 is 11.6 Å². The summed E-state index contributed by atoms with van der Waals surface area (Å²) in [7, 11) is -3.41. The van der Waals surface area contributed by atoms with Gasteiger partial charge in [0, 0.05) is 23.2 Å². The van der Waals surface area contributed by atoms with E-state index in [1.54, 1.807) is 49.4 Å². The average Bonchev–Trinajstić information content (AvgIpc) is 2.69. The van der Waals surface area contributed by atoms with E-state index in [1.807, 2.05) is 0 Å². The van der Waals surface area contributed by atoms with Gasteiger partial charge in [-0.15, -0.1) is 0 Å². The van der Waals surface area contributed by atoms with E-state index < -0.39 is 15.7 Å². The van der Waals surface area contributed by atoms with Crippen LogP contribution in [0.5, 0.6) is 0 Å². The Hall–Kier alpha value is -3.16. The van der Waals surface area contributed by atoms with E-state index in [0.717, 1.165) is 11.8 Å². The third-order valence-electron chi connectivity index (χ3n) is 4.38. The summed E-state index contributed by atoms with van der Waals surface area (Å²) in [5, 5.41) is 5.89. The maximum Gasteiger partial charge on any atom is 0.257 e. The van der Waals surface area contributed by atoms with Crippen molar-refractivity contribution in [2.75, 3.05) is 16.9 Å². The number of anilines is 2. The molecule has 0 fully saturated rings. The van der Waals surface area contributed by atoms with Crippen LogP contribution in [-0.2, 0) is 9.84 Å². The number of carbonyl (C=O) groups is 2. The van der Waals surface area contributed by atoms with E-state index in [4.69, 9.17) is 11.6 Å². The topological polar surface area (TPSA) is 92.3 Å². The zero-order chi connectivity index (χ0) is 21.9. The molecule has 0 aliphatic rings. The van der Waals surface area contributed by atoms with Gasteiger partial charge in [-0.05, 0) is 61.0 Å². The second-order valence-electron chi connectivity index (χ2n) is 6.72. The van der Waals surface area contributed by atoms with Crippen molar-refractivity contribution in [1.29, 1.82) is 0 Å². The number of sulfone groups is 1. The number of hydrogen-bond donors (Lipinski definition) is 2. The lowest BCUT2D eigenvalue weighted by molar-refractivity contribution is 0.101. The Kier molecular flexibility index (Phi) is 6.24. The number of nitrogens with one attached hydrogen (secondary N) is 2. The Morgan fingerprint density at radius 2 is 1.60 bits per heavy atom. The summed E-state index contributed by atoms with van der Waals surface area (Å²) in [5.41, 5.74) is 2.41. The lowest BCUT2D eigenvalue weighted by Gasteiger charge is -2.12. The molecule has 0 bridgehead atoms. The highest BCUT2D eigenvalue weighted by Gasteiger charge is 2.14. The van der Waals surface area contributed by atoms with E-state index in [-0.39, 0.29) is 16.4 Å². The monoisotopic (exact) mass is 442 g/mol. The van der Waals surface area contributed by atoms with Gasteiger partial charge in [-0.25, -0.2) is 8.42 Å². The third-order valence-corrected chi connectivity index (χ3v) is 5.82. The predicted octanol–water partition coefficient (Wildman–Crippen LogP) is 4.56. The van der Waals surface area contributed by atoms with Gasteiger partial charge in [0.25, 0.3) is 11.8 Å². The van der Waals surface area contributed by atoms with Gasteiger partial charge >= 0.3 is 0 Å². The molecule has 30 heavy (non-hydrogen) atoms. The number of carbonyl (C=O) groups excluding carboxylic acids is 2. The minimum absolute atomic E-state index is 0.0736. The highest BCUT2D eigenvalue weighted by molar-refractivity contribution is 7.90. The average molecular weight is 443 g/mol. The molecule has 0 saturated carbocycles. The van der Waals surface area contributed by atoms with Crippen LogP contribution in [-0.4, -0.2) is 26.5 Å². The van der Waals surface area contributed by atoms with Gasteiger partial charge in [0.15, 0.2) is 9.84 Å². The van der Waals surface area contributed by atoms with Crippen molar-refractivity contribution in [3.05, 3.63) is 88.4 Å². The zero-order valence-electron chi connectivity index (χ0n) is 16.3. The molecule has 3 rings (SSSR count). The van der Waals surface area contributed by atoms with Crippen LogP contribution in [0.2, 0.25) is 5.02 Å². The molecule has 0 saturated heterocycles. The number of benzene rings is 3. The first kappa shape index (κ1) is 21.5. The summed E-state index contributed by atoms with van der Waals surface area (Å²) in [6.45, 7) is 1.79. The van der Waals surface area contributed by atoms with Crippen LogP contribution in [0.4, 0.5) is 11.4 Å². The fourth-order valence-electron chi connectivity index (χ4n) is 2.79. The molecular formula is C22H19ClN2O4S. The summed E-state index contributed by atoms with van der Waals surface area (Å²) < 4.78 is 23.4. The van der Waals surface area contributed by atoms with Crippen molar-refractivity contribution < 1.29 is 18.0 Å². The Morgan fingerprint density at radius 3 is 2.27 bits per heavy atom. The predicted molar refractivity (Wildman–Crippen MR) is 118 cm³/mol. The van der Waals surface area contributed by atoms with Crippen molar-refractivity contribution in [1.82, 2.24) is 0 Å². The summed E-state index contributed by atoms with van der Waals surface area (Å²) in [4.78, 5) is 25.0. The molecule has 0 atom stereocenters. The lowest BCUT2D eigenvalue weighted by atomic mass is 10.1. The van der Waals surface area contributed by atoms with Crippen molar-refractivity contribution in [3.63, 3.8) is 0 Å². The summed E-state index contributed by atoms with van der Waals surface area (Å²) >= 11 is 6.05. The lowest BCUT2D eigenvalue weighted by Crippen LogP contribution is -2.15. The SMILES string of the molecule is Cc1cc(NC(=O)c2ccccc2Cl)ccc1NC(=O)c1cccc(S(C)(=O)=O)c1. The molecule has 0 unspecified atom stereocenters. The van der Waals surface area contributed by atoms with Gasteiger partial charge in [-0.1, -0.05) is 29.8 Å². The Labute approximate surface area is 179 Å². The molecule has 3 aromatic rings. The molecular weight excluding hydrogens is 424 g/mol. The number of amides is 2. The third kappa shape index (κ3) is 5.06. The number of halogens is 1. The molecule has 0 spiro atoms. The number of aryl methyl sites for hydroxylation is 1. The zero-order valence-corrected chi connectivity index (χ0v) is 17.8. The van der Waals surface area contributed by atoms with Gasteiger partial charge in [0.2, 0.25) is 0 Å². The summed E-state index contributed by atoms with van der Waals surface area (Å²) in [6, 6.07) is 17.6. The van der Waals surface area contributed by atoms with Crippen LogP contribution < -0.4 is 10.6 Å². The molecule has 0 heterocycles. The molecule has 8 heteroatoms. The molecule has 3 aromatic carbocycles. The highest BCUT2D eigenvalue weighted by atomic mass is 35.5. The summed E-state index contributed by atoms with van der Waals surface area (Å²) in [5.74, 6) is -0.772. The molecule has 0 aromatic heterocycles. The van der Waals surface area contributed by atoms with Gasteiger partial charge in [-0.2, -0.15) is 0 Å². The van der Waals surface area contributed by atoms with Gasteiger partial charge in [0.1, 0.15) is 0 Å². The number of rotatable bonds is 5. The smallest absolute Gasteiger partial charge is 0.257 e. The molecule has 2 N–H and O–H groups in total. The van der Waals surface area contributed by atoms with Crippen molar-refractivity contribution in [2.45, 2.75) is 11.8 Å². The Balaban J connectivity index is 1.75. The van der Waals surface area contributed by atoms with Crippen LogP contribution in [0.1, 0.15) is 26.3 Å². The van der Waals surface area contributed by atoms with Crippen molar-refractivity contribution in [2.24, 2.45) is 0 Å². The van der Waals surface area contributed by atoms with Crippen LogP contribution in [0.3, 0.4) is 0 Å². The van der Waals surface area contributed by atoms with E-state index in [0.29, 0.717) is 22.0 Å². The van der Waals surface area contributed by atoms with E-state index >= 15 is 0 Å². The van der Waals surface area contributed by atoms with Gasteiger partial charge in [0.05, 0.1) is 15.5 Å². The van der Waals surface area contributed by atoms with E-state index in [9.17, 15) is 18.0 Å². The second kappa shape index (κ2) is 8.69. The first-order valence-electron chi connectivity index (χ1n) is 8.93.